The van der Waals surface area contributed by atoms with Crippen LogP contribution in [0.3, 0.4) is 0 Å². The molecule has 0 spiro atoms. The van der Waals surface area contributed by atoms with E-state index in [0.29, 0.717) is 30.0 Å². The van der Waals surface area contributed by atoms with Crippen LogP contribution in [-0.4, -0.2) is 46.0 Å². The summed E-state index contributed by atoms with van der Waals surface area (Å²) in [5, 5.41) is 8.28. The Morgan fingerprint density at radius 2 is 1.84 bits per heavy atom. The van der Waals surface area contributed by atoms with Gasteiger partial charge in [0.1, 0.15) is 0 Å². The first-order valence-corrected chi connectivity index (χ1v) is 8.80. The second kappa shape index (κ2) is 7.25. The summed E-state index contributed by atoms with van der Waals surface area (Å²) >= 11 is 0. The van der Waals surface area contributed by atoms with Crippen LogP contribution in [0.5, 0.6) is 5.88 Å². The van der Waals surface area contributed by atoms with Crippen molar-refractivity contribution in [3.05, 3.63) is 41.1 Å². The Balaban J connectivity index is 1.81. The normalized spacial score (nSPS) is 20.6. The van der Waals surface area contributed by atoms with E-state index in [0.717, 1.165) is 25.1 Å². The molecule has 2 unspecified atom stereocenters. The minimum Gasteiger partial charge on any atom is -0.479 e. The van der Waals surface area contributed by atoms with Crippen molar-refractivity contribution in [3.8, 4) is 5.88 Å². The molecule has 6 nitrogen and oxygen atoms in total. The molecule has 1 amide bonds. The van der Waals surface area contributed by atoms with E-state index in [4.69, 9.17) is 4.74 Å². The molecule has 1 fully saturated rings. The fraction of sp³-hybridized carbons (Fsp3) is 0.526. The van der Waals surface area contributed by atoms with E-state index in [1.54, 1.807) is 11.8 Å². The molecule has 25 heavy (non-hydrogen) atoms. The van der Waals surface area contributed by atoms with Gasteiger partial charge in [0.05, 0.1) is 13.7 Å². The van der Waals surface area contributed by atoms with Gasteiger partial charge in [-0.2, -0.15) is 0 Å². The zero-order valence-electron chi connectivity index (χ0n) is 15.4. The van der Waals surface area contributed by atoms with Crippen LogP contribution in [0.2, 0.25) is 0 Å². The molecular formula is C19H26N4O2. The molecule has 2 heterocycles. The average molecular weight is 342 g/mol. The summed E-state index contributed by atoms with van der Waals surface area (Å²) in [6, 6.07) is 8.21. The molecule has 0 saturated carbocycles. The van der Waals surface area contributed by atoms with Gasteiger partial charge in [-0.15, -0.1) is 5.10 Å². The number of aromatic nitrogens is 3. The first-order chi connectivity index (χ1) is 12.0. The topological polar surface area (TPSA) is 60.2 Å². The zero-order valence-corrected chi connectivity index (χ0v) is 15.4. The largest absolute Gasteiger partial charge is 0.479 e. The van der Waals surface area contributed by atoms with E-state index in [2.05, 4.69) is 43.2 Å². The summed E-state index contributed by atoms with van der Waals surface area (Å²) in [4.78, 5) is 14.8. The van der Waals surface area contributed by atoms with Crippen LogP contribution in [0.15, 0.2) is 24.3 Å². The second-order valence-electron chi connectivity index (χ2n) is 7.25. The van der Waals surface area contributed by atoms with Gasteiger partial charge in [-0.25, -0.2) is 4.68 Å². The fourth-order valence-electron chi connectivity index (χ4n) is 3.59. The molecule has 1 saturated heterocycles. The summed E-state index contributed by atoms with van der Waals surface area (Å²) in [7, 11) is 1.56. The predicted octanol–water partition coefficient (Wildman–Crippen LogP) is 2.76. The SMILES string of the molecule is COc1c(C(=O)N2CC(C)CC(C)C2)nnn1Cc1ccc(C)cc1. The van der Waals surface area contributed by atoms with Crippen molar-refractivity contribution in [2.24, 2.45) is 11.8 Å². The van der Waals surface area contributed by atoms with Crippen molar-refractivity contribution in [2.75, 3.05) is 20.2 Å². The maximum atomic E-state index is 12.9. The van der Waals surface area contributed by atoms with Crippen molar-refractivity contribution >= 4 is 5.91 Å². The molecule has 1 aliphatic rings. The summed E-state index contributed by atoms with van der Waals surface area (Å²) in [5.74, 6) is 1.34. The molecule has 1 aromatic heterocycles. The molecule has 2 atom stereocenters. The molecule has 0 aliphatic carbocycles. The summed E-state index contributed by atoms with van der Waals surface area (Å²) in [5.41, 5.74) is 2.60. The van der Waals surface area contributed by atoms with Crippen molar-refractivity contribution in [1.82, 2.24) is 19.9 Å². The quantitative estimate of drug-likeness (QED) is 0.857. The lowest BCUT2D eigenvalue weighted by molar-refractivity contribution is 0.0613. The number of methoxy groups -OCH3 is 1. The summed E-state index contributed by atoms with van der Waals surface area (Å²) in [6.07, 6.45) is 1.15. The number of carbonyl (C=O) groups is 1. The van der Waals surface area contributed by atoms with E-state index < -0.39 is 0 Å². The number of ether oxygens (including phenoxy) is 1. The monoisotopic (exact) mass is 342 g/mol. The second-order valence-corrected chi connectivity index (χ2v) is 7.25. The standard InChI is InChI=1S/C19H26N4O2/c1-13-5-7-16(8-6-13)12-23-19(25-4)17(20-21-23)18(24)22-10-14(2)9-15(3)11-22/h5-8,14-15H,9-12H2,1-4H3. The predicted molar refractivity (Wildman–Crippen MR) is 95.7 cm³/mol. The number of hydrogen-bond acceptors (Lipinski definition) is 4. The summed E-state index contributed by atoms with van der Waals surface area (Å²) in [6.45, 7) is 8.46. The fourth-order valence-corrected chi connectivity index (χ4v) is 3.59. The Kier molecular flexibility index (Phi) is 5.06. The molecule has 0 radical (unpaired) electrons. The highest BCUT2D eigenvalue weighted by atomic mass is 16.5. The van der Waals surface area contributed by atoms with E-state index >= 15 is 0 Å². The molecule has 3 rings (SSSR count). The lowest BCUT2D eigenvalue weighted by Gasteiger charge is -2.34. The number of hydrogen-bond donors (Lipinski definition) is 0. The smallest absolute Gasteiger partial charge is 0.280 e. The lowest BCUT2D eigenvalue weighted by atomic mass is 9.92. The zero-order chi connectivity index (χ0) is 18.0. The van der Waals surface area contributed by atoms with Crippen LogP contribution in [0.4, 0.5) is 0 Å². The van der Waals surface area contributed by atoms with Crippen LogP contribution in [-0.2, 0) is 6.54 Å². The highest BCUT2D eigenvalue weighted by Crippen LogP contribution is 2.25. The lowest BCUT2D eigenvalue weighted by Crippen LogP contribution is -2.42. The number of likely N-dealkylation sites (tertiary alicyclic amines) is 1. The Bertz CT molecular complexity index is 728. The third-order valence-electron chi connectivity index (χ3n) is 4.69. The Morgan fingerprint density at radius 1 is 1.20 bits per heavy atom. The number of aryl methyl sites for hydroxylation is 1. The van der Waals surface area contributed by atoms with Crippen molar-refractivity contribution < 1.29 is 9.53 Å². The molecule has 134 valence electrons. The third-order valence-corrected chi connectivity index (χ3v) is 4.69. The van der Waals surface area contributed by atoms with Gasteiger partial charge >= 0.3 is 0 Å². The maximum absolute atomic E-state index is 12.9. The highest BCUT2D eigenvalue weighted by molar-refractivity contribution is 5.94. The number of rotatable bonds is 4. The number of nitrogens with zero attached hydrogens (tertiary/aromatic N) is 4. The van der Waals surface area contributed by atoms with Gasteiger partial charge in [0.15, 0.2) is 0 Å². The van der Waals surface area contributed by atoms with Gasteiger partial charge < -0.3 is 9.64 Å². The average Bonchev–Trinajstić information content (AvgIpc) is 2.98. The van der Waals surface area contributed by atoms with Gasteiger partial charge in [-0.3, -0.25) is 4.79 Å². The van der Waals surface area contributed by atoms with Crippen LogP contribution < -0.4 is 4.74 Å². The minimum absolute atomic E-state index is 0.0922. The molecular weight excluding hydrogens is 316 g/mol. The number of piperidine rings is 1. The molecule has 1 aromatic carbocycles. The molecule has 0 N–H and O–H groups in total. The maximum Gasteiger partial charge on any atom is 0.280 e. The van der Waals surface area contributed by atoms with E-state index in [9.17, 15) is 4.79 Å². The highest BCUT2D eigenvalue weighted by Gasteiger charge is 2.30. The van der Waals surface area contributed by atoms with Gasteiger partial charge in [-0.05, 0) is 30.7 Å². The minimum atomic E-state index is -0.0922. The Morgan fingerprint density at radius 3 is 2.44 bits per heavy atom. The summed E-state index contributed by atoms with van der Waals surface area (Å²) < 4.78 is 7.12. The van der Waals surface area contributed by atoms with Gasteiger partial charge in [0.25, 0.3) is 5.91 Å². The van der Waals surface area contributed by atoms with Gasteiger partial charge in [-0.1, -0.05) is 48.9 Å². The van der Waals surface area contributed by atoms with Gasteiger partial charge in [0, 0.05) is 13.1 Å². The van der Waals surface area contributed by atoms with E-state index in [1.165, 1.54) is 5.56 Å². The van der Waals surface area contributed by atoms with E-state index in [1.807, 2.05) is 17.0 Å². The van der Waals surface area contributed by atoms with Crippen LogP contribution >= 0.6 is 0 Å². The number of carbonyl (C=O) groups excluding carboxylic acids is 1. The molecule has 2 aromatic rings. The Hall–Kier alpha value is -2.37. The first kappa shape index (κ1) is 17.5. The van der Waals surface area contributed by atoms with Crippen LogP contribution in [0, 0.1) is 18.8 Å². The molecule has 1 aliphatic heterocycles. The molecule has 0 bridgehead atoms. The van der Waals surface area contributed by atoms with Gasteiger partial charge in [0.2, 0.25) is 11.6 Å². The van der Waals surface area contributed by atoms with Crippen molar-refractivity contribution in [1.29, 1.82) is 0 Å². The number of benzene rings is 1. The van der Waals surface area contributed by atoms with E-state index in [-0.39, 0.29) is 5.91 Å². The number of amides is 1. The van der Waals surface area contributed by atoms with Crippen molar-refractivity contribution in [2.45, 2.75) is 33.7 Å². The van der Waals surface area contributed by atoms with Crippen LogP contribution in [0.1, 0.15) is 41.9 Å². The third kappa shape index (κ3) is 3.83. The van der Waals surface area contributed by atoms with Crippen molar-refractivity contribution in [3.63, 3.8) is 0 Å². The first-order valence-electron chi connectivity index (χ1n) is 8.80. The molecule has 6 heteroatoms. The van der Waals surface area contributed by atoms with Crippen LogP contribution in [0.25, 0.3) is 0 Å². The Labute approximate surface area is 148 Å².